The van der Waals surface area contributed by atoms with Crippen LogP contribution in [0.15, 0.2) is 35.9 Å². The van der Waals surface area contributed by atoms with Gasteiger partial charge in [0.2, 0.25) is 11.8 Å². The van der Waals surface area contributed by atoms with Crippen LogP contribution in [0.4, 0.5) is 11.4 Å². The fraction of sp³-hybridized carbons (Fsp3) is 0.633. The monoisotopic (exact) mass is 521 g/mol. The normalized spacial score (nSPS) is 41.5. The second-order valence-electron chi connectivity index (χ2n) is 13.3. The molecule has 7 rings (SSSR count). The molecule has 204 valence electrons. The van der Waals surface area contributed by atoms with Crippen molar-refractivity contribution in [3.05, 3.63) is 41.1 Å². The van der Waals surface area contributed by atoms with E-state index in [-0.39, 0.29) is 51.8 Å². The number of anilines is 2. The Morgan fingerprint density at radius 1 is 1.13 bits per heavy atom. The van der Waals surface area contributed by atoms with Crippen LogP contribution in [-0.2, 0) is 14.4 Å². The van der Waals surface area contributed by atoms with E-state index in [1.807, 2.05) is 6.92 Å². The van der Waals surface area contributed by atoms with Gasteiger partial charge in [0.1, 0.15) is 0 Å². The number of carboxylic acids is 1. The fourth-order valence-corrected chi connectivity index (χ4v) is 9.96. The van der Waals surface area contributed by atoms with Crippen molar-refractivity contribution in [1.29, 1.82) is 0 Å². The Hall–Kier alpha value is -2.71. The number of fused-ring (bicyclic) bond motifs is 1. The van der Waals surface area contributed by atoms with E-state index in [2.05, 4.69) is 26.8 Å². The number of benzene rings is 1. The predicted octanol–water partition coefficient (Wildman–Crippen LogP) is 5.40. The van der Waals surface area contributed by atoms with Crippen LogP contribution in [0.2, 0.25) is 0 Å². The third-order valence-corrected chi connectivity index (χ3v) is 11.5. The van der Waals surface area contributed by atoms with Gasteiger partial charge in [-0.3, -0.25) is 19.6 Å². The number of imide groups is 1. The molecule has 2 amide bonds. The molecular formula is C30H37N2O6-. The largest absolute Gasteiger partial charge is 0.733 e. The van der Waals surface area contributed by atoms with Gasteiger partial charge in [0.15, 0.2) is 0 Å². The van der Waals surface area contributed by atoms with Gasteiger partial charge in [0.05, 0.1) is 28.6 Å². The molecule has 38 heavy (non-hydrogen) atoms. The van der Waals surface area contributed by atoms with E-state index in [4.69, 9.17) is 0 Å². The Kier molecular flexibility index (Phi) is 5.48. The smallest absolute Gasteiger partial charge is 0.309 e. The van der Waals surface area contributed by atoms with Gasteiger partial charge in [0.25, 0.3) is 0 Å². The molecular weight excluding hydrogens is 484 g/mol. The van der Waals surface area contributed by atoms with Crippen molar-refractivity contribution in [3.8, 4) is 0 Å². The number of allylic oxidation sites excluding steroid dienone is 2. The summed E-state index contributed by atoms with van der Waals surface area (Å²) in [4.78, 5) is 42.1. The summed E-state index contributed by atoms with van der Waals surface area (Å²) < 4.78 is 0. The highest BCUT2D eigenvalue weighted by Crippen LogP contribution is 2.74. The summed E-state index contributed by atoms with van der Waals surface area (Å²) in [6.45, 7) is 8.47. The number of amides is 2. The summed E-state index contributed by atoms with van der Waals surface area (Å²) in [5.74, 6) is -1.83. The first kappa shape index (κ1) is 25.6. The number of hydrogen-bond donors (Lipinski definition) is 2. The summed E-state index contributed by atoms with van der Waals surface area (Å²) >= 11 is 0. The van der Waals surface area contributed by atoms with E-state index >= 15 is 0 Å². The molecule has 4 fully saturated rings. The Labute approximate surface area is 223 Å². The molecule has 1 saturated heterocycles. The fourth-order valence-electron chi connectivity index (χ4n) is 9.96. The van der Waals surface area contributed by atoms with Gasteiger partial charge in [-0.2, -0.15) is 0 Å². The van der Waals surface area contributed by atoms with E-state index in [0.717, 1.165) is 25.7 Å². The average molecular weight is 522 g/mol. The Morgan fingerprint density at radius 2 is 1.87 bits per heavy atom. The third-order valence-electron chi connectivity index (χ3n) is 11.5. The first-order chi connectivity index (χ1) is 17.9. The van der Waals surface area contributed by atoms with Crippen molar-refractivity contribution >= 4 is 29.2 Å². The Morgan fingerprint density at radius 3 is 2.53 bits per heavy atom. The number of nitrogens with zero attached hydrogens (tertiary/aromatic N) is 2. The summed E-state index contributed by atoms with van der Waals surface area (Å²) in [5.41, 5.74) is -0.00717. The van der Waals surface area contributed by atoms with Crippen molar-refractivity contribution in [3.63, 3.8) is 0 Å². The maximum absolute atomic E-state index is 14.3. The number of hydrogen-bond acceptors (Lipinski definition) is 6. The van der Waals surface area contributed by atoms with Crippen molar-refractivity contribution < 1.29 is 24.7 Å². The van der Waals surface area contributed by atoms with Gasteiger partial charge in [-0.25, -0.2) is 4.90 Å². The van der Waals surface area contributed by atoms with Gasteiger partial charge in [-0.15, -0.1) is 0 Å². The summed E-state index contributed by atoms with van der Waals surface area (Å²) in [6, 6.07) is 6.00. The molecule has 0 radical (unpaired) electrons. The number of aliphatic carboxylic acids is 1. The van der Waals surface area contributed by atoms with Crippen LogP contribution in [0.25, 0.3) is 0 Å². The molecule has 1 spiro atoms. The number of carbonyl (C=O) groups excluding carboxylic acids is 2. The molecule has 2 N–H and O–H groups in total. The first-order valence-corrected chi connectivity index (χ1v) is 14.0. The SMILES string of the molecule is CC(C)C1=C[C@@]23CC[C@@H]4[C@](C)(CCC[C@@]4(C)C(=O)O)[C@@H]2C[C@@H]1[C@@H]1C(=O)N(c2cccc(N([O-])O)c2)C(=O)[C@H]13. The van der Waals surface area contributed by atoms with Gasteiger partial charge >= 0.3 is 5.97 Å². The molecule has 8 atom stereocenters. The highest BCUT2D eigenvalue weighted by molar-refractivity contribution is 6.23. The van der Waals surface area contributed by atoms with Gasteiger partial charge < -0.3 is 15.5 Å². The average Bonchev–Trinajstić information content (AvgIpc) is 3.15. The summed E-state index contributed by atoms with van der Waals surface area (Å²) in [5, 5.41) is 31.0. The molecule has 8 nitrogen and oxygen atoms in total. The minimum Gasteiger partial charge on any atom is -0.733 e. The second-order valence-corrected chi connectivity index (χ2v) is 13.3. The van der Waals surface area contributed by atoms with Crippen molar-refractivity contribution in [1.82, 2.24) is 0 Å². The lowest BCUT2D eigenvalue weighted by molar-refractivity contribution is -0.194. The number of carbonyl (C=O) groups is 3. The van der Waals surface area contributed by atoms with Crippen LogP contribution in [-0.4, -0.2) is 28.1 Å². The van der Waals surface area contributed by atoms with Crippen molar-refractivity contribution in [2.24, 2.45) is 51.8 Å². The predicted molar refractivity (Wildman–Crippen MR) is 141 cm³/mol. The Bertz CT molecular complexity index is 1260. The van der Waals surface area contributed by atoms with E-state index in [1.165, 1.54) is 22.6 Å². The molecule has 5 aliphatic carbocycles. The molecule has 1 aromatic carbocycles. The Balaban J connectivity index is 1.48. The van der Waals surface area contributed by atoms with E-state index in [1.54, 1.807) is 12.1 Å². The zero-order chi connectivity index (χ0) is 27.4. The minimum absolute atomic E-state index is 0.0261. The molecule has 0 unspecified atom stereocenters. The molecule has 2 bridgehead atoms. The highest BCUT2D eigenvalue weighted by Gasteiger charge is 2.73. The van der Waals surface area contributed by atoms with Gasteiger partial charge in [-0.05, 0) is 86.3 Å². The van der Waals surface area contributed by atoms with Crippen molar-refractivity contribution in [2.45, 2.75) is 66.2 Å². The lowest BCUT2D eigenvalue weighted by Crippen LogP contribution is -2.65. The van der Waals surface area contributed by atoms with Gasteiger partial charge in [0, 0.05) is 5.41 Å². The third kappa shape index (κ3) is 3.07. The standard InChI is InChI=1S/C30H37N2O6/c1-16(2)20-15-30-12-9-21-28(3,10-6-11-29(21,4)27(35)36)22(30)14-19(20)23-24(30)26(34)31(25(23)33)17-7-5-8-18(13-17)32(37)38/h5,7-8,13,15-16,19,21-24,37H,6,9-12,14H2,1-4H3,(H,35,36)/q-1/t19-,21+,22-,23-,24-,28-,29+,30-/m0/s1. The van der Waals surface area contributed by atoms with Crippen LogP contribution < -0.4 is 10.1 Å². The zero-order valence-corrected chi connectivity index (χ0v) is 22.5. The lowest BCUT2D eigenvalue weighted by atomic mass is 9.34. The summed E-state index contributed by atoms with van der Waals surface area (Å²) in [7, 11) is 0. The molecule has 1 heterocycles. The van der Waals surface area contributed by atoms with Gasteiger partial charge in [-0.1, -0.05) is 44.9 Å². The summed E-state index contributed by atoms with van der Waals surface area (Å²) in [6.07, 6.45) is 7.02. The molecule has 8 heteroatoms. The first-order valence-electron chi connectivity index (χ1n) is 14.0. The second kappa shape index (κ2) is 8.15. The van der Waals surface area contributed by atoms with E-state index < -0.39 is 28.6 Å². The van der Waals surface area contributed by atoms with Crippen molar-refractivity contribution in [2.75, 3.05) is 10.1 Å². The van der Waals surface area contributed by atoms with Crippen LogP contribution >= 0.6 is 0 Å². The van der Waals surface area contributed by atoms with Crippen LogP contribution in [0.3, 0.4) is 0 Å². The number of rotatable bonds is 4. The molecule has 3 saturated carbocycles. The number of carboxylic acid groups (broad SMARTS) is 1. The molecule has 1 aromatic rings. The van der Waals surface area contributed by atoms with Crippen LogP contribution in [0.5, 0.6) is 0 Å². The highest BCUT2D eigenvalue weighted by atomic mass is 16.8. The van der Waals surface area contributed by atoms with E-state index in [0.29, 0.717) is 18.5 Å². The molecule has 6 aliphatic rings. The molecule has 0 aromatic heterocycles. The lowest BCUT2D eigenvalue weighted by Gasteiger charge is -2.68. The molecule has 1 aliphatic heterocycles. The topological polar surface area (TPSA) is 121 Å². The maximum atomic E-state index is 14.3. The zero-order valence-electron chi connectivity index (χ0n) is 22.5. The quantitative estimate of drug-likeness (QED) is 0.309. The van der Waals surface area contributed by atoms with Crippen LogP contribution in [0.1, 0.15) is 66.2 Å². The minimum atomic E-state index is -0.786. The maximum Gasteiger partial charge on any atom is 0.309 e. The van der Waals surface area contributed by atoms with Crippen LogP contribution in [0, 0.1) is 57.0 Å². The van der Waals surface area contributed by atoms with E-state index in [9.17, 15) is 29.9 Å².